The number of aromatic nitrogens is 2. The molecule has 0 saturated carbocycles. The summed E-state index contributed by atoms with van der Waals surface area (Å²) >= 11 is 0. The van der Waals surface area contributed by atoms with Crippen LogP contribution >= 0.6 is 0 Å². The van der Waals surface area contributed by atoms with Crippen LogP contribution in [0.5, 0.6) is 17.2 Å². The molecular formula is C46H57N5O10. The first-order valence-corrected chi connectivity index (χ1v) is 21.0. The summed E-state index contributed by atoms with van der Waals surface area (Å²) in [4.78, 5) is 33.6. The van der Waals surface area contributed by atoms with Gasteiger partial charge in [-0.2, -0.15) is 5.10 Å². The highest BCUT2D eigenvalue weighted by Crippen LogP contribution is 2.54. The molecule has 15 heteroatoms. The average Bonchev–Trinajstić information content (AvgIpc) is 3.76. The zero-order chi connectivity index (χ0) is 44.1. The van der Waals surface area contributed by atoms with Crippen molar-refractivity contribution in [1.82, 2.24) is 14.4 Å². The van der Waals surface area contributed by atoms with Gasteiger partial charge in [0, 0.05) is 79.1 Å². The van der Waals surface area contributed by atoms with Crippen molar-refractivity contribution in [3.63, 3.8) is 0 Å². The van der Waals surface area contributed by atoms with Gasteiger partial charge in [-0.05, 0) is 51.3 Å². The van der Waals surface area contributed by atoms with E-state index in [9.17, 15) is 35.1 Å². The number of hydrogen-bond donors (Lipinski definition) is 6. The molecule has 4 aromatic rings. The third-order valence-electron chi connectivity index (χ3n) is 12.8. The van der Waals surface area contributed by atoms with Gasteiger partial charge in [0.2, 0.25) is 0 Å². The largest absolute Gasteiger partial charge is 0.507 e. The predicted octanol–water partition coefficient (Wildman–Crippen LogP) is 6.10. The molecule has 61 heavy (non-hydrogen) atoms. The summed E-state index contributed by atoms with van der Waals surface area (Å²) in [6.07, 6.45) is 10.6. The van der Waals surface area contributed by atoms with E-state index in [1.54, 1.807) is 82.6 Å². The number of aromatic hydroxyl groups is 2. The Balaban J connectivity index is 1.43. The van der Waals surface area contributed by atoms with Crippen LogP contribution in [0.4, 0.5) is 5.69 Å². The number of ether oxygens (including phenoxy) is 3. The summed E-state index contributed by atoms with van der Waals surface area (Å²) in [7, 11) is 1.46. The number of fused-ring (bicyclic) bond motifs is 2. The fourth-order valence-corrected chi connectivity index (χ4v) is 8.77. The smallest absolute Gasteiger partial charge is 0.312 e. The lowest BCUT2D eigenvalue weighted by molar-refractivity contribution is -0.112. The van der Waals surface area contributed by atoms with Gasteiger partial charge in [-0.25, -0.2) is 4.98 Å². The number of piperidine rings is 1. The minimum atomic E-state index is -1.95. The van der Waals surface area contributed by atoms with Crippen molar-refractivity contribution in [1.29, 1.82) is 0 Å². The van der Waals surface area contributed by atoms with E-state index in [2.05, 4.69) is 5.32 Å². The van der Waals surface area contributed by atoms with Crippen molar-refractivity contribution < 1.29 is 49.3 Å². The zero-order valence-corrected chi connectivity index (χ0v) is 35.9. The highest BCUT2D eigenvalue weighted by Gasteiger charge is 2.49. The summed E-state index contributed by atoms with van der Waals surface area (Å²) in [5.74, 6) is -6.36. The quantitative estimate of drug-likeness (QED) is 0.102. The van der Waals surface area contributed by atoms with Crippen molar-refractivity contribution in [3.05, 3.63) is 71.2 Å². The number of carbonyl (C=O) groups is 2. The zero-order valence-electron chi connectivity index (χ0n) is 35.9. The summed E-state index contributed by atoms with van der Waals surface area (Å²) in [5, 5.41) is 67.6. The minimum Gasteiger partial charge on any atom is -0.507 e. The molecule has 2 aromatic heterocycles. The molecule has 1 saturated heterocycles. The number of pyridine rings is 1. The SMILES string of the molecule is CO[C@H]1/C=C/O[C@@]2(C)Oc3c(C)c(O)c4c(O)c(c5c(nc6ccc(/C=N/N7CCCCC7)cn65)c4c3C2=O)NC(=O)/C(C)=C\C=C\[C@H](C)[C@H](O)[C@@H](C)[C@@H](O)[C@@H](C)[C@H](O)[C@@H]1C. The Morgan fingerprint density at radius 1 is 0.934 bits per heavy atom. The first-order valence-electron chi connectivity index (χ1n) is 21.0. The highest BCUT2D eigenvalue weighted by molar-refractivity contribution is 6.28. The molecule has 1 fully saturated rings. The minimum absolute atomic E-state index is 0.0191. The van der Waals surface area contributed by atoms with Crippen molar-refractivity contribution in [3.8, 4) is 17.2 Å². The lowest BCUT2D eigenvalue weighted by Gasteiger charge is -2.36. The van der Waals surface area contributed by atoms with Crippen LogP contribution < -0.4 is 10.1 Å². The van der Waals surface area contributed by atoms with Gasteiger partial charge in [-0.3, -0.25) is 19.0 Å². The lowest BCUT2D eigenvalue weighted by Crippen LogP contribution is -2.44. The summed E-state index contributed by atoms with van der Waals surface area (Å²) in [6, 6.07) is 3.62. The van der Waals surface area contributed by atoms with E-state index < -0.39 is 71.3 Å². The Hall–Kier alpha value is -5.48. The highest BCUT2D eigenvalue weighted by atomic mass is 16.7. The Morgan fingerprint density at radius 2 is 1.62 bits per heavy atom. The number of allylic oxidation sites excluding steroid dienone is 2. The third kappa shape index (κ3) is 7.84. The molecule has 15 nitrogen and oxygen atoms in total. The Kier molecular flexibility index (Phi) is 12.2. The molecule has 0 spiro atoms. The maximum absolute atomic E-state index is 14.7. The van der Waals surface area contributed by atoms with Gasteiger partial charge in [0.1, 0.15) is 33.9 Å². The summed E-state index contributed by atoms with van der Waals surface area (Å²) in [6.45, 7) is 13.2. The lowest BCUT2D eigenvalue weighted by atomic mass is 9.78. The Labute approximate surface area is 354 Å². The number of imidazole rings is 1. The van der Waals surface area contributed by atoms with E-state index in [0.29, 0.717) is 11.2 Å². The van der Waals surface area contributed by atoms with Crippen molar-refractivity contribution in [2.45, 2.75) is 97.9 Å². The molecule has 5 heterocycles. The topological polar surface area (TPSA) is 208 Å². The fourth-order valence-electron chi connectivity index (χ4n) is 8.77. The van der Waals surface area contributed by atoms with Crippen LogP contribution in [-0.2, 0) is 14.3 Å². The molecule has 9 atom stereocenters. The van der Waals surface area contributed by atoms with Gasteiger partial charge < -0.3 is 45.1 Å². The number of hydrazone groups is 1. The Bertz CT molecular complexity index is 2490. The number of carbonyl (C=O) groups excluding carboxylic acids is 2. The van der Waals surface area contributed by atoms with Crippen molar-refractivity contribution >= 4 is 51.0 Å². The number of phenolic OH excluding ortho intramolecular Hbond substituents is 2. The number of rotatable bonds is 3. The van der Waals surface area contributed by atoms with Crippen LogP contribution in [0, 0.1) is 30.6 Å². The van der Waals surface area contributed by atoms with E-state index >= 15 is 0 Å². The van der Waals surface area contributed by atoms with Crippen molar-refractivity contribution in [2.75, 3.05) is 25.5 Å². The standard InChI is InChI=1S/C46H57N5O10/c1-23-13-12-14-24(2)45(58)49-36-37-35(48-31-16-15-29(22-51(31)37)21-47-50-18-10-9-11-19-50)32-33(42(36)56)41(55)28(6)43-34(32)44(57)46(7,61-43)60-20-17-30(59-8)25(3)39(53)27(5)40(54)26(4)38(23)52/h12-17,20-23,25-27,30,38-40,52-56H,9-11,18-19H2,1-8H3,(H,49,58)/b13-12+,20-17+,24-14-,47-21+/t23-,25+,26+,27-,30-,38-,39+,40+,46-/m0/s1. The number of aliphatic hydroxyl groups excluding tert-OH is 3. The molecule has 0 aliphatic carbocycles. The molecule has 0 radical (unpaired) electrons. The number of hydrogen-bond acceptors (Lipinski definition) is 13. The second-order valence-electron chi connectivity index (χ2n) is 17.0. The number of amides is 1. The number of phenols is 2. The monoisotopic (exact) mass is 839 g/mol. The molecule has 1 amide bonds. The summed E-state index contributed by atoms with van der Waals surface area (Å²) < 4.78 is 19.7. The van der Waals surface area contributed by atoms with Gasteiger partial charge in [0.25, 0.3) is 11.7 Å². The second kappa shape index (κ2) is 17.1. The normalized spacial score (nSPS) is 31.4. The maximum atomic E-state index is 14.7. The first-order chi connectivity index (χ1) is 29.0. The van der Waals surface area contributed by atoms with Crippen LogP contribution in [0.1, 0.15) is 82.3 Å². The van der Waals surface area contributed by atoms with E-state index in [-0.39, 0.29) is 55.7 Å². The number of aliphatic hydroxyl groups is 3. The maximum Gasteiger partial charge on any atom is 0.312 e. The number of nitrogens with one attached hydrogen (secondary N) is 1. The molecule has 6 N–H and O–H groups in total. The molecule has 326 valence electrons. The van der Waals surface area contributed by atoms with Gasteiger partial charge in [-0.1, -0.05) is 45.9 Å². The van der Waals surface area contributed by atoms with Gasteiger partial charge in [-0.15, -0.1) is 0 Å². The van der Waals surface area contributed by atoms with Crippen LogP contribution in [0.15, 0.2) is 59.6 Å². The molecule has 4 bridgehead atoms. The van der Waals surface area contributed by atoms with E-state index in [4.69, 9.17) is 24.3 Å². The van der Waals surface area contributed by atoms with Crippen LogP contribution in [0.3, 0.4) is 0 Å². The van der Waals surface area contributed by atoms with Gasteiger partial charge in [0.15, 0.2) is 5.75 Å². The molecule has 3 aliphatic heterocycles. The first kappa shape index (κ1) is 43.6. The molecule has 3 aliphatic rings. The predicted molar refractivity (Wildman–Crippen MR) is 232 cm³/mol. The summed E-state index contributed by atoms with van der Waals surface area (Å²) in [5.41, 5.74) is 1.94. The molecule has 2 aromatic carbocycles. The number of ketones is 1. The number of anilines is 1. The average molecular weight is 840 g/mol. The number of nitrogens with zero attached hydrogens (tertiary/aromatic N) is 4. The van der Waals surface area contributed by atoms with Crippen LogP contribution in [-0.4, -0.2) is 108 Å². The second-order valence-corrected chi connectivity index (χ2v) is 17.0. The van der Waals surface area contributed by atoms with E-state index in [1.807, 2.05) is 11.1 Å². The Morgan fingerprint density at radius 3 is 2.33 bits per heavy atom. The number of benzene rings is 2. The fraction of sp³-hybridized carbons (Fsp3) is 0.478. The number of Topliss-reactive ketones (excluding diaryl/α,β-unsaturated/α-hetero) is 1. The van der Waals surface area contributed by atoms with E-state index in [0.717, 1.165) is 32.4 Å². The van der Waals surface area contributed by atoms with Crippen LogP contribution in [0.25, 0.3) is 27.5 Å². The van der Waals surface area contributed by atoms with Gasteiger partial charge in [0.05, 0.1) is 47.8 Å². The van der Waals surface area contributed by atoms with E-state index in [1.165, 1.54) is 26.4 Å². The molecular weight excluding hydrogens is 783 g/mol. The van der Waals surface area contributed by atoms with Crippen molar-refractivity contribution in [2.24, 2.45) is 28.8 Å². The van der Waals surface area contributed by atoms with Gasteiger partial charge >= 0.3 is 5.79 Å². The number of methoxy groups -OCH3 is 1. The molecule has 7 rings (SSSR count). The molecule has 0 unspecified atom stereocenters. The van der Waals surface area contributed by atoms with Crippen LogP contribution in [0.2, 0.25) is 0 Å². The third-order valence-corrected chi connectivity index (χ3v) is 12.8.